The van der Waals surface area contributed by atoms with Crippen LogP contribution in [-0.4, -0.2) is 25.8 Å². The molecule has 2 rings (SSSR count). The van der Waals surface area contributed by atoms with Crippen LogP contribution in [0.5, 0.6) is 0 Å². The monoisotopic (exact) mass is 293 g/mol. The van der Waals surface area contributed by atoms with Crippen molar-refractivity contribution in [2.24, 2.45) is 10.9 Å². The zero-order chi connectivity index (χ0) is 15.0. The Morgan fingerprint density at radius 2 is 2.00 bits per heavy atom. The van der Waals surface area contributed by atoms with E-state index in [0.717, 1.165) is 17.0 Å². The normalized spacial score (nSPS) is 11.9. The molecule has 106 valence electrons. The molecule has 3 N–H and O–H groups in total. The van der Waals surface area contributed by atoms with Gasteiger partial charge in [-0.2, -0.15) is 5.10 Å². The maximum absolute atomic E-state index is 8.96. The van der Waals surface area contributed by atoms with Crippen molar-refractivity contribution in [3.8, 4) is 5.82 Å². The molecule has 0 radical (unpaired) electrons. The number of halogens is 1. The highest BCUT2D eigenvalue weighted by molar-refractivity contribution is 6.31. The molecule has 2 heterocycles. The van der Waals surface area contributed by atoms with Gasteiger partial charge in [-0.3, -0.25) is 0 Å². The second-order valence-electron chi connectivity index (χ2n) is 4.66. The maximum Gasteiger partial charge on any atom is 0.174 e. The average molecular weight is 294 g/mol. The number of nitrogens with zero attached hydrogens (tertiary/aromatic N) is 4. The van der Waals surface area contributed by atoms with Crippen LogP contribution in [0.15, 0.2) is 11.2 Å². The summed E-state index contributed by atoms with van der Waals surface area (Å²) in [6, 6.07) is 1.87. The van der Waals surface area contributed by atoms with Crippen molar-refractivity contribution in [2.45, 2.75) is 27.7 Å². The summed E-state index contributed by atoms with van der Waals surface area (Å²) >= 11 is 6.17. The molecule has 0 spiro atoms. The molecule has 6 nitrogen and oxygen atoms in total. The number of hydrogen-bond acceptors (Lipinski definition) is 4. The summed E-state index contributed by atoms with van der Waals surface area (Å²) in [5.74, 6) is 0.499. The highest BCUT2D eigenvalue weighted by Crippen LogP contribution is 2.25. The molecule has 0 aliphatic carbocycles. The minimum absolute atomic E-state index is 0.00586. The number of hydrogen-bond donors (Lipinski definition) is 2. The van der Waals surface area contributed by atoms with Crippen LogP contribution >= 0.6 is 11.6 Å². The van der Waals surface area contributed by atoms with Gasteiger partial charge in [-0.15, -0.1) is 0 Å². The predicted molar refractivity (Wildman–Crippen MR) is 77.8 cm³/mol. The second-order valence-corrected chi connectivity index (χ2v) is 5.04. The van der Waals surface area contributed by atoms with Crippen molar-refractivity contribution < 1.29 is 5.21 Å². The minimum atomic E-state index is -0.00586. The van der Waals surface area contributed by atoms with E-state index >= 15 is 0 Å². The molecule has 0 aromatic carbocycles. The number of amidine groups is 1. The van der Waals surface area contributed by atoms with Gasteiger partial charge in [0.2, 0.25) is 0 Å². The number of oxime groups is 1. The van der Waals surface area contributed by atoms with Crippen molar-refractivity contribution in [1.82, 2.24) is 14.8 Å². The van der Waals surface area contributed by atoms with E-state index in [0.29, 0.717) is 22.1 Å². The quantitative estimate of drug-likeness (QED) is 0.385. The van der Waals surface area contributed by atoms with Crippen LogP contribution in [0.3, 0.4) is 0 Å². The third-order valence-corrected chi connectivity index (χ3v) is 3.64. The van der Waals surface area contributed by atoms with Gasteiger partial charge in [-0.1, -0.05) is 16.8 Å². The SMILES string of the molecule is Cc1cc(C)c(C(N)=NO)c(-n2nc(C)c(Cl)c2C)n1. The molecule has 0 aliphatic heterocycles. The van der Waals surface area contributed by atoms with Gasteiger partial charge in [0.15, 0.2) is 11.7 Å². The van der Waals surface area contributed by atoms with E-state index in [2.05, 4.69) is 15.2 Å². The van der Waals surface area contributed by atoms with Crippen LogP contribution in [-0.2, 0) is 0 Å². The molecule has 0 aliphatic rings. The summed E-state index contributed by atoms with van der Waals surface area (Å²) in [6.07, 6.45) is 0. The molecule has 2 aromatic rings. The number of aryl methyl sites for hydroxylation is 3. The van der Waals surface area contributed by atoms with Crippen molar-refractivity contribution in [3.05, 3.63) is 39.3 Å². The first-order chi connectivity index (χ1) is 9.36. The van der Waals surface area contributed by atoms with Gasteiger partial charge in [0, 0.05) is 5.69 Å². The Morgan fingerprint density at radius 1 is 1.35 bits per heavy atom. The Balaban J connectivity index is 2.82. The van der Waals surface area contributed by atoms with E-state index in [4.69, 9.17) is 22.5 Å². The van der Waals surface area contributed by atoms with Gasteiger partial charge >= 0.3 is 0 Å². The fourth-order valence-electron chi connectivity index (χ4n) is 2.17. The Kier molecular flexibility index (Phi) is 3.67. The average Bonchev–Trinajstić information content (AvgIpc) is 2.65. The molecule has 0 saturated heterocycles. The van der Waals surface area contributed by atoms with Crippen LogP contribution < -0.4 is 5.73 Å². The molecule has 20 heavy (non-hydrogen) atoms. The van der Waals surface area contributed by atoms with E-state index in [1.807, 2.05) is 33.8 Å². The Hall–Kier alpha value is -2.08. The third kappa shape index (κ3) is 2.22. The van der Waals surface area contributed by atoms with E-state index < -0.39 is 0 Å². The van der Waals surface area contributed by atoms with Gasteiger partial charge < -0.3 is 10.9 Å². The number of nitrogens with two attached hydrogens (primary N) is 1. The lowest BCUT2D eigenvalue weighted by molar-refractivity contribution is 0.318. The Morgan fingerprint density at radius 3 is 2.50 bits per heavy atom. The standard InChI is InChI=1S/C13H16ClN5O/c1-6-5-7(2)16-13(10(6)12(15)18-20)19-9(4)11(14)8(3)17-19/h5,20H,1-4H3,(H2,15,18). The Bertz CT molecular complexity index is 705. The molecule has 0 fully saturated rings. The summed E-state index contributed by atoms with van der Waals surface area (Å²) in [5, 5.41) is 17.0. The first kappa shape index (κ1) is 14.3. The molecular formula is C13H16ClN5O. The van der Waals surface area contributed by atoms with Crippen LogP contribution in [0.2, 0.25) is 5.02 Å². The largest absolute Gasteiger partial charge is 0.409 e. The van der Waals surface area contributed by atoms with Crippen LogP contribution in [0, 0.1) is 27.7 Å². The van der Waals surface area contributed by atoms with Gasteiger partial charge in [0.1, 0.15) is 0 Å². The molecule has 0 atom stereocenters. The van der Waals surface area contributed by atoms with Crippen LogP contribution in [0.25, 0.3) is 5.82 Å². The summed E-state index contributed by atoms with van der Waals surface area (Å²) in [5.41, 5.74) is 9.44. The second kappa shape index (κ2) is 5.13. The predicted octanol–water partition coefficient (Wildman–Crippen LogP) is 2.25. The molecule has 2 aromatic heterocycles. The fourth-order valence-corrected chi connectivity index (χ4v) is 2.28. The van der Waals surface area contributed by atoms with Crippen molar-refractivity contribution in [3.63, 3.8) is 0 Å². The summed E-state index contributed by atoms with van der Waals surface area (Å²) in [6.45, 7) is 7.41. The maximum atomic E-state index is 8.96. The molecule has 7 heteroatoms. The Labute approximate surface area is 121 Å². The zero-order valence-electron chi connectivity index (χ0n) is 11.8. The van der Waals surface area contributed by atoms with Gasteiger partial charge in [-0.25, -0.2) is 9.67 Å². The molecule has 0 saturated carbocycles. The first-order valence-corrected chi connectivity index (χ1v) is 6.42. The van der Waals surface area contributed by atoms with Crippen molar-refractivity contribution >= 4 is 17.4 Å². The zero-order valence-corrected chi connectivity index (χ0v) is 12.5. The smallest absolute Gasteiger partial charge is 0.174 e. The highest BCUT2D eigenvalue weighted by Gasteiger charge is 2.19. The van der Waals surface area contributed by atoms with Crippen LogP contribution in [0.1, 0.15) is 28.2 Å². The van der Waals surface area contributed by atoms with E-state index in [9.17, 15) is 0 Å². The molecule has 0 unspecified atom stereocenters. The summed E-state index contributed by atoms with van der Waals surface area (Å²) in [4.78, 5) is 4.46. The lowest BCUT2D eigenvalue weighted by atomic mass is 10.1. The van der Waals surface area contributed by atoms with E-state index in [1.165, 1.54) is 0 Å². The van der Waals surface area contributed by atoms with Crippen molar-refractivity contribution in [2.75, 3.05) is 0 Å². The number of rotatable bonds is 2. The third-order valence-electron chi connectivity index (χ3n) is 3.09. The number of aromatic nitrogens is 3. The number of pyridine rings is 1. The van der Waals surface area contributed by atoms with Crippen LogP contribution in [0.4, 0.5) is 0 Å². The topological polar surface area (TPSA) is 89.3 Å². The minimum Gasteiger partial charge on any atom is -0.409 e. The van der Waals surface area contributed by atoms with Gasteiger partial charge in [0.25, 0.3) is 0 Å². The first-order valence-electron chi connectivity index (χ1n) is 6.05. The fraction of sp³-hybridized carbons (Fsp3) is 0.308. The van der Waals surface area contributed by atoms with Gasteiger partial charge in [-0.05, 0) is 39.3 Å². The molecule has 0 bridgehead atoms. The summed E-state index contributed by atoms with van der Waals surface area (Å²) in [7, 11) is 0. The molecule has 0 amide bonds. The molecular weight excluding hydrogens is 278 g/mol. The van der Waals surface area contributed by atoms with E-state index in [-0.39, 0.29) is 5.84 Å². The highest BCUT2D eigenvalue weighted by atomic mass is 35.5. The van der Waals surface area contributed by atoms with E-state index in [1.54, 1.807) is 4.68 Å². The van der Waals surface area contributed by atoms with Gasteiger partial charge in [0.05, 0.1) is 22.0 Å². The summed E-state index contributed by atoms with van der Waals surface area (Å²) < 4.78 is 1.62. The lowest BCUT2D eigenvalue weighted by Crippen LogP contribution is -2.20. The lowest BCUT2D eigenvalue weighted by Gasteiger charge is -2.13. The van der Waals surface area contributed by atoms with Crippen molar-refractivity contribution in [1.29, 1.82) is 0 Å².